The Morgan fingerprint density at radius 1 is 1.05 bits per heavy atom. The summed E-state index contributed by atoms with van der Waals surface area (Å²) in [5.74, 6) is -0.0437. The Hall–Kier alpha value is -0.530. The maximum Gasteiger partial charge on any atom is 0.135 e. The quantitative estimate of drug-likeness (QED) is 0.461. The third kappa shape index (κ3) is 4.50. The van der Waals surface area contributed by atoms with Gasteiger partial charge in [-0.05, 0) is 6.42 Å². The van der Waals surface area contributed by atoms with Crippen molar-refractivity contribution in [3.05, 3.63) is 0 Å². The van der Waals surface area contributed by atoms with Crippen molar-refractivity contribution in [1.29, 1.82) is 0 Å². The Morgan fingerprint density at radius 3 is 2.26 bits per heavy atom. The fraction of sp³-hybridized carbons (Fsp3) is 0.923. The number of Topliss-reactive ketones (excluding diaryl/α,β-unsaturated/α-hetero) is 1. The van der Waals surface area contributed by atoms with E-state index in [9.17, 15) is 20.1 Å². The molecule has 0 aliphatic carbocycles. The number of carbonyl (C=O) groups is 1. The van der Waals surface area contributed by atoms with Gasteiger partial charge in [0.2, 0.25) is 0 Å². The van der Waals surface area contributed by atoms with Gasteiger partial charge in [-0.1, -0.05) is 19.8 Å². The summed E-state index contributed by atoms with van der Waals surface area (Å²) in [4.78, 5) is 11.7. The van der Waals surface area contributed by atoms with Crippen LogP contribution in [0.3, 0.4) is 0 Å². The smallest absolute Gasteiger partial charge is 0.135 e. The van der Waals surface area contributed by atoms with Crippen molar-refractivity contribution in [3.63, 3.8) is 0 Å². The van der Waals surface area contributed by atoms with Gasteiger partial charge in [0.15, 0.2) is 0 Å². The molecule has 5 atom stereocenters. The van der Waals surface area contributed by atoms with E-state index in [1.54, 1.807) is 0 Å². The van der Waals surface area contributed by atoms with Crippen LogP contribution in [0.1, 0.15) is 39.0 Å². The molecule has 1 aliphatic rings. The molecule has 3 unspecified atom stereocenters. The summed E-state index contributed by atoms with van der Waals surface area (Å²) < 4.78 is 5.28. The van der Waals surface area contributed by atoms with Crippen LogP contribution in [0.15, 0.2) is 0 Å². The molecule has 0 bridgehead atoms. The molecule has 0 aromatic heterocycles. The maximum absolute atomic E-state index is 11.7. The van der Waals surface area contributed by atoms with E-state index in [0.29, 0.717) is 6.42 Å². The summed E-state index contributed by atoms with van der Waals surface area (Å²) in [6.45, 7) is 1.58. The average Bonchev–Trinajstić information content (AvgIpc) is 2.39. The van der Waals surface area contributed by atoms with E-state index >= 15 is 0 Å². The van der Waals surface area contributed by atoms with Crippen LogP contribution in [0.4, 0.5) is 0 Å². The van der Waals surface area contributed by atoms with E-state index in [2.05, 4.69) is 0 Å². The summed E-state index contributed by atoms with van der Waals surface area (Å²) >= 11 is 0. The lowest BCUT2D eigenvalue weighted by atomic mass is 9.92. The van der Waals surface area contributed by atoms with Crippen LogP contribution in [-0.4, -0.2) is 63.3 Å². The van der Waals surface area contributed by atoms with Gasteiger partial charge in [0, 0.05) is 12.8 Å². The van der Waals surface area contributed by atoms with Gasteiger partial charge in [-0.3, -0.25) is 4.79 Å². The molecule has 0 amide bonds. The zero-order valence-electron chi connectivity index (χ0n) is 11.2. The van der Waals surface area contributed by atoms with Gasteiger partial charge in [-0.2, -0.15) is 0 Å². The second-order valence-corrected chi connectivity index (χ2v) is 5.07. The maximum atomic E-state index is 11.7. The molecule has 6 heteroatoms. The third-order valence-electron chi connectivity index (χ3n) is 3.48. The minimum absolute atomic E-state index is 0.00877. The summed E-state index contributed by atoms with van der Waals surface area (Å²) in [5, 5.41) is 38.0. The Balaban J connectivity index is 2.49. The Labute approximate surface area is 113 Å². The molecule has 112 valence electrons. The van der Waals surface area contributed by atoms with Crippen molar-refractivity contribution in [2.24, 2.45) is 0 Å². The number of rotatable bonds is 7. The molecule has 1 heterocycles. The summed E-state index contributed by atoms with van der Waals surface area (Å²) in [6, 6.07) is 0. The average molecular weight is 276 g/mol. The fourth-order valence-corrected chi connectivity index (χ4v) is 2.25. The van der Waals surface area contributed by atoms with Crippen molar-refractivity contribution in [2.45, 2.75) is 69.5 Å². The second kappa shape index (κ2) is 7.91. The zero-order valence-corrected chi connectivity index (χ0v) is 11.2. The van der Waals surface area contributed by atoms with Crippen LogP contribution in [0.5, 0.6) is 0 Å². The van der Waals surface area contributed by atoms with Crippen LogP contribution in [0.25, 0.3) is 0 Å². The normalized spacial score (nSPS) is 35.3. The molecule has 1 aliphatic heterocycles. The molecular formula is C13H24O6. The first-order valence-electron chi connectivity index (χ1n) is 6.83. The van der Waals surface area contributed by atoms with Crippen molar-refractivity contribution in [3.8, 4) is 0 Å². The fourth-order valence-electron chi connectivity index (χ4n) is 2.25. The predicted octanol–water partition coefficient (Wildman–Crippen LogP) is -0.632. The lowest BCUT2D eigenvalue weighted by Gasteiger charge is -2.39. The van der Waals surface area contributed by atoms with E-state index in [4.69, 9.17) is 9.84 Å². The molecular weight excluding hydrogens is 252 g/mol. The van der Waals surface area contributed by atoms with Crippen molar-refractivity contribution in [2.75, 3.05) is 6.61 Å². The SMILES string of the molecule is CCCCCC(=O)C[C@@H]1OC(CO)[C@@H](O)C(O)C1O. The molecule has 0 aromatic rings. The molecule has 1 fully saturated rings. The first-order valence-corrected chi connectivity index (χ1v) is 6.83. The van der Waals surface area contributed by atoms with Gasteiger partial charge in [-0.15, -0.1) is 0 Å². The Kier molecular flexibility index (Phi) is 6.88. The summed E-state index contributed by atoms with van der Waals surface area (Å²) in [6.07, 6.45) is -2.69. The minimum atomic E-state index is -1.40. The monoisotopic (exact) mass is 276 g/mol. The highest BCUT2D eigenvalue weighted by Crippen LogP contribution is 2.23. The van der Waals surface area contributed by atoms with Crippen LogP contribution >= 0.6 is 0 Å². The van der Waals surface area contributed by atoms with Crippen LogP contribution in [-0.2, 0) is 9.53 Å². The number of aliphatic hydroxyl groups excluding tert-OH is 4. The lowest BCUT2D eigenvalue weighted by molar-refractivity contribution is -0.229. The van der Waals surface area contributed by atoms with E-state index in [-0.39, 0.29) is 12.2 Å². The molecule has 1 saturated heterocycles. The topological polar surface area (TPSA) is 107 Å². The number of aliphatic hydroxyl groups is 4. The molecule has 19 heavy (non-hydrogen) atoms. The minimum Gasteiger partial charge on any atom is -0.394 e. The van der Waals surface area contributed by atoms with Gasteiger partial charge in [-0.25, -0.2) is 0 Å². The van der Waals surface area contributed by atoms with E-state index in [1.807, 2.05) is 6.92 Å². The van der Waals surface area contributed by atoms with E-state index in [0.717, 1.165) is 19.3 Å². The number of hydrogen-bond acceptors (Lipinski definition) is 6. The van der Waals surface area contributed by atoms with Gasteiger partial charge >= 0.3 is 0 Å². The standard InChI is InChI=1S/C13H24O6/c1-2-3-4-5-8(15)6-9-11(16)13(18)12(17)10(7-14)19-9/h9-14,16-18H,2-7H2,1H3/t9-,10?,11?,12+,13?/m0/s1. The highest BCUT2D eigenvalue weighted by molar-refractivity contribution is 5.78. The van der Waals surface area contributed by atoms with Crippen LogP contribution in [0, 0.1) is 0 Å². The van der Waals surface area contributed by atoms with Crippen LogP contribution < -0.4 is 0 Å². The predicted molar refractivity (Wildman–Crippen MR) is 67.5 cm³/mol. The highest BCUT2D eigenvalue weighted by atomic mass is 16.5. The molecule has 1 rings (SSSR count). The Morgan fingerprint density at radius 2 is 1.68 bits per heavy atom. The number of hydrogen-bond donors (Lipinski definition) is 4. The number of unbranched alkanes of at least 4 members (excludes halogenated alkanes) is 2. The molecule has 0 saturated carbocycles. The molecule has 0 spiro atoms. The number of ketones is 1. The van der Waals surface area contributed by atoms with Gasteiger partial charge in [0.05, 0.1) is 12.7 Å². The van der Waals surface area contributed by atoms with Gasteiger partial charge in [0.25, 0.3) is 0 Å². The highest BCUT2D eigenvalue weighted by Gasteiger charge is 2.43. The van der Waals surface area contributed by atoms with E-state index < -0.39 is 37.1 Å². The molecule has 6 nitrogen and oxygen atoms in total. The second-order valence-electron chi connectivity index (χ2n) is 5.07. The van der Waals surface area contributed by atoms with Crippen molar-refractivity contribution >= 4 is 5.78 Å². The van der Waals surface area contributed by atoms with E-state index in [1.165, 1.54) is 0 Å². The third-order valence-corrected chi connectivity index (χ3v) is 3.48. The van der Waals surface area contributed by atoms with Crippen molar-refractivity contribution in [1.82, 2.24) is 0 Å². The first kappa shape index (κ1) is 16.5. The van der Waals surface area contributed by atoms with Gasteiger partial charge < -0.3 is 25.2 Å². The zero-order chi connectivity index (χ0) is 14.4. The lowest BCUT2D eigenvalue weighted by Crippen LogP contribution is -2.58. The Bertz CT molecular complexity index is 280. The van der Waals surface area contributed by atoms with Gasteiger partial charge in [0.1, 0.15) is 30.2 Å². The largest absolute Gasteiger partial charge is 0.394 e. The summed E-state index contributed by atoms with van der Waals surface area (Å²) in [5.41, 5.74) is 0. The number of ether oxygens (including phenoxy) is 1. The number of carbonyl (C=O) groups excluding carboxylic acids is 1. The molecule has 0 radical (unpaired) electrons. The molecule has 4 N–H and O–H groups in total. The summed E-state index contributed by atoms with van der Waals surface area (Å²) in [7, 11) is 0. The first-order chi connectivity index (χ1) is 9.01. The van der Waals surface area contributed by atoms with Crippen LogP contribution in [0.2, 0.25) is 0 Å². The molecule has 0 aromatic carbocycles. The van der Waals surface area contributed by atoms with Crippen molar-refractivity contribution < 1.29 is 30.0 Å².